The number of amides is 1. The van der Waals surface area contributed by atoms with E-state index in [-0.39, 0.29) is 12.0 Å². The van der Waals surface area contributed by atoms with E-state index in [0.717, 1.165) is 43.1 Å². The fraction of sp³-hybridized carbons (Fsp3) is 0.316. The Kier molecular flexibility index (Phi) is 5.38. The van der Waals surface area contributed by atoms with Gasteiger partial charge in [0.25, 0.3) is 0 Å². The zero-order valence-corrected chi connectivity index (χ0v) is 14.4. The van der Waals surface area contributed by atoms with Gasteiger partial charge >= 0.3 is 0 Å². The summed E-state index contributed by atoms with van der Waals surface area (Å²) in [6.45, 7) is 4.13. The predicted molar refractivity (Wildman–Crippen MR) is 96.5 cm³/mol. The van der Waals surface area contributed by atoms with Gasteiger partial charge in [0.1, 0.15) is 11.9 Å². The molecule has 1 N–H and O–H groups in total. The zero-order valence-electron chi connectivity index (χ0n) is 13.7. The molecule has 1 atom stereocenters. The molecular formula is C19H21ClN2O2. The van der Waals surface area contributed by atoms with Gasteiger partial charge in [-0.05, 0) is 30.2 Å². The molecule has 3 rings (SSSR count). The van der Waals surface area contributed by atoms with Crippen molar-refractivity contribution in [3.8, 4) is 5.75 Å². The number of likely N-dealkylation sites (tertiary alicyclic amines) is 1. The van der Waals surface area contributed by atoms with Crippen LogP contribution in [0.4, 0.5) is 5.69 Å². The third kappa shape index (κ3) is 4.28. The van der Waals surface area contributed by atoms with Crippen LogP contribution in [0.1, 0.15) is 18.9 Å². The molecule has 1 heterocycles. The quantitative estimate of drug-likeness (QED) is 0.892. The second kappa shape index (κ2) is 7.69. The van der Waals surface area contributed by atoms with Gasteiger partial charge in [-0.15, -0.1) is 0 Å². The van der Waals surface area contributed by atoms with Crippen molar-refractivity contribution in [2.45, 2.75) is 26.0 Å². The summed E-state index contributed by atoms with van der Waals surface area (Å²) in [6, 6.07) is 15.5. The molecule has 1 amide bonds. The molecule has 0 bridgehead atoms. The molecule has 1 saturated heterocycles. The molecule has 0 aliphatic carbocycles. The van der Waals surface area contributed by atoms with Crippen LogP contribution < -0.4 is 10.1 Å². The molecule has 1 fully saturated rings. The van der Waals surface area contributed by atoms with E-state index in [0.29, 0.717) is 5.02 Å². The number of para-hydroxylation sites is 2. The lowest BCUT2D eigenvalue weighted by Gasteiger charge is -2.19. The summed E-state index contributed by atoms with van der Waals surface area (Å²) < 4.78 is 6.03. The lowest BCUT2D eigenvalue weighted by Crippen LogP contribution is -2.25. The normalized spacial score (nSPS) is 17.7. The highest BCUT2D eigenvalue weighted by molar-refractivity contribution is 6.32. The number of halogens is 1. The van der Waals surface area contributed by atoms with Gasteiger partial charge in [0.2, 0.25) is 5.91 Å². The first kappa shape index (κ1) is 16.8. The van der Waals surface area contributed by atoms with E-state index in [2.05, 4.69) is 10.2 Å². The van der Waals surface area contributed by atoms with E-state index in [9.17, 15) is 4.79 Å². The number of anilines is 1. The van der Waals surface area contributed by atoms with E-state index < -0.39 is 0 Å². The Labute approximate surface area is 147 Å². The summed E-state index contributed by atoms with van der Waals surface area (Å²) in [5.74, 6) is 0.688. The number of ether oxygens (including phenoxy) is 1. The average Bonchev–Trinajstić information content (AvgIpc) is 2.98. The fourth-order valence-electron chi connectivity index (χ4n) is 2.97. The van der Waals surface area contributed by atoms with E-state index in [4.69, 9.17) is 16.3 Å². The molecule has 5 heteroatoms. The van der Waals surface area contributed by atoms with Crippen LogP contribution in [-0.2, 0) is 11.3 Å². The zero-order chi connectivity index (χ0) is 16.9. The molecule has 2 aromatic carbocycles. The van der Waals surface area contributed by atoms with Crippen LogP contribution in [0.5, 0.6) is 5.75 Å². The molecule has 126 valence electrons. The first-order chi connectivity index (χ1) is 11.6. The highest BCUT2D eigenvalue weighted by Gasteiger charge is 2.25. The largest absolute Gasteiger partial charge is 0.487 e. The van der Waals surface area contributed by atoms with Crippen molar-refractivity contribution in [1.29, 1.82) is 0 Å². The third-order valence-corrected chi connectivity index (χ3v) is 4.39. The molecule has 0 radical (unpaired) electrons. The van der Waals surface area contributed by atoms with Crippen LogP contribution in [0.15, 0.2) is 48.5 Å². The van der Waals surface area contributed by atoms with E-state index in [1.54, 1.807) is 0 Å². The standard InChI is InChI=1S/C19H21ClN2O2/c1-14(23)21-18-8-4-2-6-15(18)12-22-11-10-16(13-22)24-19-9-5-3-7-17(19)20/h2-9,16H,10-13H2,1H3,(H,21,23)/t16-/m0/s1. The summed E-state index contributed by atoms with van der Waals surface area (Å²) in [4.78, 5) is 13.7. The lowest BCUT2D eigenvalue weighted by atomic mass is 10.1. The third-order valence-electron chi connectivity index (χ3n) is 4.08. The molecular weight excluding hydrogens is 324 g/mol. The minimum atomic E-state index is -0.0520. The van der Waals surface area contributed by atoms with Crippen LogP contribution in [0.3, 0.4) is 0 Å². The molecule has 0 aromatic heterocycles. The Hall–Kier alpha value is -2.04. The van der Waals surface area contributed by atoms with E-state index in [1.165, 1.54) is 6.92 Å². The maximum absolute atomic E-state index is 11.3. The van der Waals surface area contributed by atoms with Crippen LogP contribution in [0.2, 0.25) is 5.02 Å². The summed E-state index contributed by atoms with van der Waals surface area (Å²) in [5, 5.41) is 3.54. The van der Waals surface area contributed by atoms with Crippen LogP contribution in [0.25, 0.3) is 0 Å². The second-order valence-electron chi connectivity index (χ2n) is 6.03. The van der Waals surface area contributed by atoms with Gasteiger partial charge in [-0.2, -0.15) is 0 Å². The van der Waals surface area contributed by atoms with Gasteiger partial charge in [0.05, 0.1) is 5.02 Å². The van der Waals surface area contributed by atoms with Gasteiger partial charge in [-0.25, -0.2) is 0 Å². The Morgan fingerprint density at radius 1 is 1.25 bits per heavy atom. The van der Waals surface area contributed by atoms with Crippen molar-refractivity contribution in [1.82, 2.24) is 4.90 Å². The number of carbonyl (C=O) groups excluding carboxylic acids is 1. The van der Waals surface area contributed by atoms with Crippen molar-refractivity contribution in [2.24, 2.45) is 0 Å². The van der Waals surface area contributed by atoms with Crippen LogP contribution in [-0.4, -0.2) is 30.0 Å². The molecule has 2 aromatic rings. The Morgan fingerprint density at radius 3 is 2.79 bits per heavy atom. The van der Waals surface area contributed by atoms with Crippen LogP contribution in [0, 0.1) is 0 Å². The highest BCUT2D eigenvalue weighted by atomic mass is 35.5. The minimum Gasteiger partial charge on any atom is -0.487 e. The fourth-order valence-corrected chi connectivity index (χ4v) is 3.15. The molecule has 1 aliphatic rings. The first-order valence-electron chi connectivity index (χ1n) is 8.11. The second-order valence-corrected chi connectivity index (χ2v) is 6.44. The smallest absolute Gasteiger partial charge is 0.221 e. The highest BCUT2D eigenvalue weighted by Crippen LogP contribution is 2.27. The number of benzene rings is 2. The molecule has 1 aliphatic heterocycles. The topological polar surface area (TPSA) is 41.6 Å². The van der Waals surface area contributed by atoms with Crippen molar-refractivity contribution in [3.63, 3.8) is 0 Å². The van der Waals surface area contributed by atoms with E-state index >= 15 is 0 Å². The van der Waals surface area contributed by atoms with Crippen molar-refractivity contribution in [3.05, 3.63) is 59.1 Å². The van der Waals surface area contributed by atoms with Crippen LogP contribution >= 0.6 is 11.6 Å². The molecule has 0 saturated carbocycles. The minimum absolute atomic E-state index is 0.0520. The van der Waals surface area contributed by atoms with Gasteiger partial charge < -0.3 is 10.1 Å². The molecule has 24 heavy (non-hydrogen) atoms. The average molecular weight is 345 g/mol. The van der Waals surface area contributed by atoms with Crippen molar-refractivity contribution in [2.75, 3.05) is 18.4 Å². The molecule has 0 spiro atoms. The van der Waals surface area contributed by atoms with Crippen molar-refractivity contribution < 1.29 is 9.53 Å². The molecule has 4 nitrogen and oxygen atoms in total. The number of carbonyl (C=O) groups is 1. The Balaban J connectivity index is 1.61. The van der Waals surface area contributed by atoms with Gasteiger partial charge in [0.15, 0.2) is 0 Å². The summed E-state index contributed by atoms with van der Waals surface area (Å²) >= 11 is 6.16. The monoisotopic (exact) mass is 344 g/mol. The molecule has 0 unspecified atom stereocenters. The summed E-state index contributed by atoms with van der Waals surface area (Å²) in [7, 11) is 0. The number of hydrogen-bond donors (Lipinski definition) is 1. The maximum Gasteiger partial charge on any atom is 0.221 e. The summed E-state index contributed by atoms with van der Waals surface area (Å²) in [6.07, 6.45) is 1.10. The lowest BCUT2D eigenvalue weighted by molar-refractivity contribution is -0.114. The van der Waals surface area contributed by atoms with Gasteiger partial charge in [0, 0.05) is 32.2 Å². The van der Waals surface area contributed by atoms with Crippen molar-refractivity contribution >= 4 is 23.2 Å². The number of nitrogens with zero attached hydrogens (tertiary/aromatic N) is 1. The van der Waals surface area contributed by atoms with Gasteiger partial charge in [-0.1, -0.05) is 41.9 Å². The maximum atomic E-state index is 11.3. The van der Waals surface area contributed by atoms with Gasteiger partial charge in [-0.3, -0.25) is 9.69 Å². The first-order valence-corrected chi connectivity index (χ1v) is 8.48. The Morgan fingerprint density at radius 2 is 2.00 bits per heavy atom. The summed E-state index contributed by atoms with van der Waals surface area (Å²) in [5.41, 5.74) is 1.99. The van der Waals surface area contributed by atoms with E-state index in [1.807, 2.05) is 48.5 Å². The predicted octanol–water partition coefficient (Wildman–Crippen LogP) is 3.95. The number of nitrogens with one attached hydrogen (secondary N) is 1. The SMILES string of the molecule is CC(=O)Nc1ccccc1CN1CC[C@H](Oc2ccccc2Cl)C1. The number of rotatable bonds is 5. The number of hydrogen-bond acceptors (Lipinski definition) is 3. The Bertz CT molecular complexity index is 720.